The zero-order valence-corrected chi connectivity index (χ0v) is 23.8. The average Bonchev–Trinajstić information content (AvgIpc) is 2.71. The molecule has 0 aromatic rings. The van der Waals surface area contributed by atoms with Gasteiger partial charge in [0.1, 0.15) is 11.7 Å². The zero-order chi connectivity index (χ0) is 27.0. The molecule has 0 radical (unpaired) electrons. The Morgan fingerprint density at radius 1 is 0.618 bits per heavy atom. The SMILES string of the molecule is C.C/C(F)=C(/C)F.CC(F)=C(F)F.FC(F)=C(F)F.S=S.S=S=S.[CH2-]CCC.[CH2-]CCC.[HH].[Li+].[Li+]. The summed E-state index contributed by atoms with van der Waals surface area (Å²) in [7, 11) is 0.917. The van der Waals surface area contributed by atoms with Gasteiger partial charge in [-0.25, -0.2) is 13.2 Å². The van der Waals surface area contributed by atoms with E-state index in [4.69, 9.17) is 0 Å². The first-order valence-corrected chi connectivity index (χ1v) is 11.9. The molecule has 0 aliphatic rings. The molecule has 0 nitrogen and oxygen atoms in total. The molecule has 0 bridgehead atoms. The molecule has 200 valence electrons. The van der Waals surface area contributed by atoms with Crippen molar-refractivity contribution in [2.45, 2.75) is 67.7 Å². The number of hydrogen-bond acceptors (Lipinski definition) is 4. The van der Waals surface area contributed by atoms with E-state index in [-0.39, 0.29) is 46.6 Å². The van der Waals surface area contributed by atoms with Gasteiger partial charge in [0.2, 0.25) is 0 Å². The van der Waals surface area contributed by atoms with Crippen molar-refractivity contribution in [1.82, 2.24) is 0 Å². The van der Waals surface area contributed by atoms with E-state index in [0.29, 0.717) is 6.92 Å². The Balaban J connectivity index is -0.0000000214. The Kier molecular flexibility index (Phi) is 122. The van der Waals surface area contributed by atoms with Crippen molar-refractivity contribution in [3.05, 3.63) is 49.6 Å². The topological polar surface area (TPSA) is 0 Å². The van der Waals surface area contributed by atoms with Gasteiger partial charge in [-0.2, -0.15) is 39.2 Å². The number of hydrogen-bond donors (Lipinski definition) is 0. The largest absolute Gasteiger partial charge is 1.00 e. The minimum atomic E-state index is -2.91. The van der Waals surface area contributed by atoms with Crippen LogP contribution in [0.5, 0.6) is 0 Å². The van der Waals surface area contributed by atoms with E-state index in [1.165, 1.54) is 12.8 Å². The molecular formula is C18H33F9Li2S5. The summed E-state index contributed by atoms with van der Waals surface area (Å²) in [5.41, 5.74) is 0. The van der Waals surface area contributed by atoms with Gasteiger partial charge < -0.3 is 13.8 Å². The molecule has 0 aromatic heterocycles. The molecule has 34 heavy (non-hydrogen) atoms. The van der Waals surface area contributed by atoms with E-state index in [9.17, 15) is 39.5 Å². The van der Waals surface area contributed by atoms with Crippen LogP contribution in [0.3, 0.4) is 0 Å². The van der Waals surface area contributed by atoms with Gasteiger partial charge in [-0.05, 0) is 20.8 Å². The standard InChI is InChI=1S/C4H6F2.2C4H9.C3H3F3.C2F4.CH4.2Li.S3.S2.H2/c1-3(5)4(2)6;2*1-3-4-2;1-2(4)3(5)6;3-1(4)2(5)6;;;;1-3-2;1-2;/h1-2H3;2*1,3-4H2,2H3;1H3;;1H4;;;;;1H/q;2*-1;;;;2*+1;;;/b4-3+;;;;;;;;;;. The van der Waals surface area contributed by atoms with Crippen LogP contribution in [0.15, 0.2) is 35.7 Å². The van der Waals surface area contributed by atoms with Crippen molar-refractivity contribution < 1.29 is 78.7 Å². The molecule has 0 aliphatic heterocycles. The van der Waals surface area contributed by atoms with E-state index < -0.39 is 35.7 Å². The van der Waals surface area contributed by atoms with Gasteiger partial charge in [-0.15, -0.1) is 0 Å². The molecule has 0 N–H and O–H groups in total. The van der Waals surface area contributed by atoms with E-state index in [2.05, 4.69) is 72.4 Å². The maximum atomic E-state index is 11.3. The van der Waals surface area contributed by atoms with Gasteiger partial charge in [-0.3, -0.25) is 0 Å². The second kappa shape index (κ2) is 64.2. The van der Waals surface area contributed by atoms with Crippen LogP contribution >= 0.6 is 0 Å². The first kappa shape index (κ1) is 64.7. The van der Waals surface area contributed by atoms with Gasteiger partial charge in [0.15, 0.2) is 5.83 Å². The van der Waals surface area contributed by atoms with Gasteiger partial charge in [0.05, 0.1) is 0 Å². The molecule has 0 aliphatic carbocycles. The summed E-state index contributed by atoms with van der Waals surface area (Å²) in [4.78, 5) is 0. The Morgan fingerprint density at radius 2 is 0.735 bits per heavy atom. The third-order valence-corrected chi connectivity index (χ3v) is 1.59. The van der Waals surface area contributed by atoms with Crippen LogP contribution in [-0.4, -0.2) is 0 Å². The van der Waals surface area contributed by atoms with E-state index >= 15 is 0 Å². The Labute approximate surface area is 248 Å². The first-order valence-electron chi connectivity index (χ1n) is 7.87. The minimum absolute atomic E-state index is 0. The number of rotatable bonds is 2. The van der Waals surface area contributed by atoms with Crippen LogP contribution in [0, 0.1) is 13.8 Å². The third-order valence-electron chi connectivity index (χ3n) is 1.59. The first-order chi connectivity index (χ1) is 14.2. The minimum Gasteiger partial charge on any atom is -0.343 e. The van der Waals surface area contributed by atoms with Gasteiger partial charge in [0, 0.05) is 55.1 Å². The molecule has 0 fully saturated rings. The van der Waals surface area contributed by atoms with Crippen LogP contribution in [0.2, 0.25) is 0 Å². The fourth-order valence-electron chi connectivity index (χ4n) is 0. The molecule has 0 heterocycles. The summed E-state index contributed by atoms with van der Waals surface area (Å²) >= 11 is 15.6. The molecule has 0 rings (SSSR count). The van der Waals surface area contributed by atoms with Gasteiger partial charge in [-0.1, -0.05) is 34.1 Å². The monoisotopic (exact) mass is 594 g/mol. The van der Waals surface area contributed by atoms with Crippen molar-refractivity contribution in [1.29, 1.82) is 0 Å². The molecule has 0 aromatic carbocycles. The molecule has 0 unspecified atom stereocenters. The Morgan fingerprint density at radius 3 is 0.735 bits per heavy atom. The van der Waals surface area contributed by atoms with E-state index in [1.807, 2.05) is 0 Å². The molecular weight excluding hydrogens is 561 g/mol. The van der Waals surface area contributed by atoms with Crippen molar-refractivity contribution in [3.63, 3.8) is 0 Å². The number of halogens is 9. The van der Waals surface area contributed by atoms with Crippen molar-refractivity contribution in [3.8, 4) is 0 Å². The quantitative estimate of drug-likeness (QED) is 0.265. The predicted octanol–water partition coefficient (Wildman–Crippen LogP) is 4.37. The molecule has 0 saturated carbocycles. The summed E-state index contributed by atoms with van der Waals surface area (Å²) in [6.45, 7) is 14.3. The number of unbranched alkanes of at least 4 members (excludes halogenated alkanes) is 2. The Bertz CT molecular complexity index is 394. The van der Waals surface area contributed by atoms with Crippen molar-refractivity contribution in [2.24, 2.45) is 0 Å². The molecule has 0 amide bonds. The normalized spacial score (nSPS) is 7.53. The maximum Gasteiger partial charge on any atom is 1.00 e. The molecule has 16 heteroatoms. The zero-order valence-electron chi connectivity index (χ0n) is 19.7. The number of allylic oxidation sites excluding steroid dienone is 3. The second-order valence-electron chi connectivity index (χ2n) is 4.16. The van der Waals surface area contributed by atoms with Crippen LogP contribution in [0.4, 0.5) is 39.5 Å². The van der Waals surface area contributed by atoms with Gasteiger partial charge >= 0.3 is 56.0 Å². The molecule has 0 atom stereocenters. The fourth-order valence-corrected chi connectivity index (χ4v) is 0. The summed E-state index contributed by atoms with van der Waals surface area (Å²) in [5, 5.41) is 0. The van der Waals surface area contributed by atoms with Crippen molar-refractivity contribution >= 4 is 53.6 Å². The third kappa shape index (κ3) is 151. The molecule has 0 spiro atoms. The summed E-state index contributed by atoms with van der Waals surface area (Å²) in [5.74, 6) is -2.89. The van der Waals surface area contributed by atoms with E-state index in [1.54, 1.807) is 0 Å². The van der Waals surface area contributed by atoms with E-state index in [0.717, 1.165) is 35.6 Å². The van der Waals surface area contributed by atoms with Gasteiger partial charge in [0.25, 0.3) is 0 Å². The summed E-state index contributed by atoms with van der Waals surface area (Å²) in [6, 6.07) is 0. The van der Waals surface area contributed by atoms with Crippen LogP contribution in [0.25, 0.3) is 0 Å². The van der Waals surface area contributed by atoms with Crippen LogP contribution in [0.1, 0.15) is 69.2 Å². The van der Waals surface area contributed by atoms with Crippen LogP contribution < -0.4 is 37.7 Å². The Hall–Kier alpha value is 0.885. The summed E-state index contributed by atoms with van der Waals surface area (Å²) < 4.78 is 96.1. The molecule has 0 saturated heterocycles. The second-order valence-corrected chi connectivity index (χ2v) is 5.93. The summed E-state index contributed by atoms with van der Waals surface area (Å²) in [6.07, 6.45) is -3.50. The van der Waals surface area contributed by atoms with Crippen LogP contribution in [-0.2, 0) is 53.6 Å². The predicted molar refractivity (Wildman–Crippen MR) is 134 cm³/mol. The van der Waals surface area contributed by atoms with Crippen molar-refractivity contribution in [2.75, 3.05) is 0 Å². The average molecular weight is 595 g/mol. The smallest absolute Gasteiger partial charge is 0.343 e. The fraction of sp³-hybridized carbons (Fsp3) is 0.556. The maximum absolute atomic E-state index is 11.3.